The minimum absolute atomic E-state index is 1.03. The van der Waals surface area contributed by atoms with Crippen molar-refractivity contribution < 1.29 is 0 Å². The maximum absolute atomic E-state index is 4.30. The molecule has 1 aromatic heterocycles. The molecule has 0 aromatic carbocycles. The van der Waals surface area contributed by atoms with Crippen LogP contribution in [0.1, 0.15) is 31.5 Å². The van der Waals surface area contributed by atoms with E-state index in [0.717, 1.165) is 25.3 Å². The summed E-state index contributed by atoms with van der Waals surface area (Å²) in [6.07, 6.45) is 10.3. The molecule has 0 aliphatic heterocycles. The van der Waals surface area contributed by atoms with Crippen LogP contribution in [0.3, 0.4) is 0 Å². The lowest BCUT2D eigenvalue weighted by molar-refractivity contribution is 0.592. The van der Waals surface area contributed by atoms with Gasteiger partial charge in [0.1, 0.15) is 5.82 Å². The average Bonchev–Trinajstić information content (AvgIpc) is 2.68. The summed E-state index contributed by atoms with van der Waals surface area (Å²) in [7, 11) is 2.05. The third kappa shape index (κ3) is 5.84. The molecule has 0 saturated heterocycles. The van der Waals surface area contributed by atoms with Gasteiger partial charge in [0.2, 0.25) is 0 Å². The van der Waals surface area contributed by atoms with Crippen molar-refractivity contribution in [1.82, 2.24) is 14.9 Å². The van der Waals surface area contributed by atoms with Crippen LogP contribution >= 0.6 is 22.6 Å². The second kappa shape index (κ2) is 8.98. The van der Waals surface area contributed by atoms with E-state index in [1.807, 2.05) is 19.4 Å². The van der Waals surface area contributed by atoms with E-state index in [1.165, 1.54) is 30.1 Å². The minimum Gasteiger partial charge on any atom is -0.338 e. The highest BCUT2D eigenvalue weighted by molar-refractivity contribution is 14.1. The van der Waals surface area contributed by atoms with Gasteiger partial charge in [-0.1, -0.05) is 35.4 Å². The minimum atomic E-state index is 1.03. The standard InChI is InChI=1S/C12H22IN3/c1-16-11-10-15-12(16)6-9-14-8-5-3-2-4-7-13/h10-11,14H,2-9H2,1H3. The zero-order valence-corrected chi connectivity index (χ0v) is 12.2. The van der Waals surface area contributed by atoms with Gasteiger partial charge in [0.25, 0.3) is 0 Å². The Morgan fingerprint density at radius 3 is 2.75 bits per heavy atom. The molecule has 0 aliphatic rings. The molecule has 92 valence electrons. The summed E-state index contributed by atoms with van der Waals surface area (Å²) in [5, 5.41) is 3.47. The molecule has 1 aromatic rings. The topological polar surface area (TPSA) is 29.9 Å². The zero-order valence-electron chi connectivity index (χ0n) is 10.1. The average molecular weight is 335 g/mol. The third-order valence-electron chi connectivity index (χ3n) is 2.68. The summed E-state index contributed by atoms with van der Waals surface area (Å²) in [4.78, 5) is 4.30. The fraction of sp³-hybridized carbons (Fsp3) is 0.750. The van der Waals surface area contributed by atoms with Crippen molar-refractivity contribution >= 4 is 22.6 Å². The zero-order chi connectivity index (χ0) is 11.6. The van der Waals surface area contributed by atoms with Gasteiger partial charge in [-0.05, 0) is 23.8 Å². The fourth-order valence-corrected chi connectivity index (χ4v) is 2.20. The molecule has 0 amide bonds. The van der Waals surface area contributed by atoms with Crippen molar-refractivity contribution in [3.8, 4) is 0 Å². The summed E-state index contributed by atoms with van der Waals surface area (Å²) >= 11 is 2.45. The number of nitrogens with one attached hydrogen (secondary N) is 1. The molecule has 0 unspecified atom stereocenters. The van der Waals surface area contributed by atoms with Crippen LogP contribution < -0.4 is 5.32 Å². The highest BCUT2D eigenvalue weighted by Gasteiger charge is 1.97. The highest BCUT2D eigenvalue weighted by Crippen LogP contribution is 2.01. The first-order valence-electron chi connectivity index (χ1n) is 6.07. The van der Waals surface area contributed by atoms with Gasteiger partial charge in [-0.3, -0.25) is 0 Å². The summed E-state index contributed by atoms with van der Waals surface area (Å²) < 4.78 is 3.38. The lowest BCUT2D eigenvalue weighted by Gasteiger charge is -2.04. The van der Waals surface area contributed by atoms with Gasteiger partial charge in [0.15, 0.2) is 0 Å². The van der Waals surface area contributed by atoms with Crippen LogP contribution in [-0.4, -0.2) is 27.1 Å². The van der Waals surface area contributed by atoms with E-state index >= 15 is 0 Å². The molecular formula is C12H22IN3. The van der Waals surface area contributed by atoms with E-state index in [9.17, 15) is 0 Å². The van der Waals surface area contributed by atoms with Gasteiger partial charge in [0.05, 0.1) is 0 Å². The number of hydrogen-bond donors (Lipinski definition) is 1. The van der Waals surface area contributed by atoms with E-state index in [4.69, 9.17) is 0 Å². The maximum Gasteiger partial charge on any atom is 0.109 e. The molecule has 0 bridgehead atoms. The number of unbranched alkanes of at least 4 members (excludes halogenated alkanes) is 3. The molecule has 0 fully saturated rings. The first-order valence-corrected chi connectivity index (χ1v) is 7.60. The first kappa shape index (κ1) is 14.0. The van der Waals surface area contributed by atoms with Crippen molar-refractivity contribution in [1.29, 1.82) is 0 Å². The van der Waals surface area contributed by atoms with Crippen molar-refractivity contribution in [2.24, 2.45) is 7.05 Å². The second-order valence-corrected chi connectivity index (χ2v) is 5.14. The van der Waals surface area contributed by atoms with Gasteiger partial charge < -0.3 is 9.88 Å². The van der Waals surface area contributed by atoms with Crippen molar-refractivity contribution in [2.75, 3.05) is 17.5 Å². The highest BCUT2D eigenvalue weighted by atomic mass is 127. The van der Waals surface area contributed by atoms with Gasteiger partial charge in [-0.2, -0.15) is 0 Å². The molecule has 0 aliphatic carbocycles. The molecule has 0 radical (unpaired) electrons. The maximum atomic E-state index is 4.30. The van der Waals surface area contributed by atoms with Gasteiger partial charge in [-0.15, -0.1) is 0 Å². The number of nitrogens with zero attached hydrogens (tertiary/aromatic N) is 2. The SMILES string of the molecule is Cn1ccnc1CCNCCCCCCI. The van der Waals surface area contributed by atoms with Crippen LogP contribution in [0.5, 0.6) is 0 Å². The van der Waals surface area contributed by atoms with E-state index in [0.29, 0.717) is 0 Å². The normalized spacial score (nSPS) is 10.9. The van der Waals surface area contributed by atoms with Crippen molar-refractivity contribution in [3.05, 3.63) is 18.2 Å². The summed E-state index contributed by atoms with van der Waals surface area (Å²) in [5.74, 6) is 1.16. The molecule has 1 rings (SSSR count). The summed E-state index contributed by atoms with van der Waals surface area (Å²) in [6.45, 7) is 2.18. The number of aryl methyl sites for hydroxylation is 1. The van der Waals surface area contributed by atoms with E-state index in [2.05, 4.69) is 37.5 Å². The molecule has 0 saturated carbocycles. The van der Waals surface area contributed by atoms with Crippen LogP contribution in [0, 0.1) is 0 Å². The second-order valence-electron chi connectivity index (χ2n) is 4.06. The summed E-state index contributed by atoms with van der Waals surface area (Å²) in [6, 6.07) is 0. The Hall–Kier alpha value is -0.100. The molecule has 1 heterocycles. The first-order chi connectivity index (χ1) is 7.84. The Morgan fingerprint density at radius 1 is 1.25 bits per heavy atom. The Bertz CT molecular complexity index is 273. The Balaban J connectivity index is 1.91. The van der Waals surface area contributed by atoms with E-state index < -0.39 is 0 Å². The van der Waals surface area contributed by atoms with Crippen molar-refractivity contribution in [2.45, 2.75) is 32.1 Å². The number of rotatable bonds is 9. The lowest BCUT2D eigenvalue weighted by Crippen LogP contribution is -2.19. The van der Waals surface area contributed by atoms with Crippen LogP contribution in [0.4, 0.5) is 0 Å². The van der Waals surface area contributed by atoms with E-state index in [-0.39, 0.29) is 0 Å². The van der Waals surface area contributed by atoms with Crippen LogP contribution in [0.25, 0.3) is 0 Å². The Labute approximate surface area is 112 Å². The van der Waals surface area contributed by atoms with Crippen LogP contribution in [0.15, 0.2) is 12.4 Å². The van der Waals surface area contributed by atoms with Crippen molar-refractivity contribution in [3.63, 3.8) is 0 Å². The fourth-order valence-electron chi connectivity index (χ4n) is 1.66. The molecule has 0 spiro atoms. The van der Waals surface area contributed by atoms with Gasteiger partial charge >= 0.3 is 0 Å². The van der Waals surface area contributed by atoms with Gasteiger partial charge in [0, 0.05) is 32.4 Å². The molecule has 16 heavy (non-hydrogen) atoms. The molecule has 1 N–H and O–H groups in total. The molecule has 3 nitrogen and oxygen atoms in total. The summed E-state index contributed by atoms with van der Waals surface area (Å²) in [5.41, 5.74) is 0. The lowest BCUT2D eigenvalue weighted by atomic mass is 10.2. The molecular weight excluding hydrogens is 313 g/mol. The largest absolute Gasteiger partial charge is 0.338 e. The number of halogens is 1. The predicted molar refractivity (Wildman–Crippen MR) is 77.1 cm³/mol. The van der Waals surface area contributed by atoms with Crippen LogP contribution in [-0.2, 0) is 13.5 Å². The molecule has 4 heteroatoms. The Kier molecular flexibility index (Phi) is 7.84. The van der Waals surface area contributed by atoms with Gasteiger partial charge in [-0.25, -0.2) is 4.98 Å². The number of imidazole rings is 1. The van der Waals surface area contributed by atoms with Crippen LogP contribution in [0.2, 0.25) is 0 Å². The third-order valence-corrected chi connectivity index (χ3v) is 3.45. The smallest absolute Gasteiger partial charge is 0.109 e. The quantitative estimate of drug-likeness (QED) is 0.427. The molecule has 0 atom stereocenters. The number of hydrogen-bond acceptors (Lipinski definition) is 2. The monoisotopic (exact) mass is 335 g/mol. The predicted octanol–water partition coefficient (Wildman–Crippen LogP) is 2.55. The Morgan fingerprint density at radius 2 is 2.06 bits per heavy atom. The number of aromatic nitrogens is 2. The van der Waals surface area contributed by atoms with E-state index in [1.54, 1.807) is 0 Å². The number of alkyl halides is 1.